The van der Waals surface area contributed by atoms with Crippen molar-refractivity contribution >= 4 is 5.91 Å². The van der Waals surface area contributed by atoms with Crippen molar-refractivity contribution in [3.63, 3.8) is 0 Å². The number of aryl methyl sites for hydroxylation is 2. The van der Waals surface area contributed by atoms with E-state index in [0.717, 1.165) is 69.4 Å². The highest BCUT2D eigenvalue weighted by Gasteiger charge is 2.30. The van der Waals surface area contributed by atoms with E-state index in [9.17, 15) is 4.79 Å². The highest BCUT2D eigenvalue weighted by atomic mass is 16.5. The van der Waals surface area contributed by atoms with Crippen molar-refractivity contribution in [2.45, 2.75) is 52.0 Å². The van der Waals surface area contributed by atoms with Crippen LogP contribution in [-0.4, -0.2) is 38.8 Å². The summed E-state index contributed by atoms with van der Waals surface area (Å²) >= 11 is 0. The summed E-state index contributed by atoms with van der Waals surface area (Å²) in [6.07, 6.45) is 10.1. The average molecular weight is 328 g/mol. The zero-order chi connectivity index (χ0) is 16.5. The van der Waals surface area contributed by atoms with Gasteiger partial charge in [-0.15, -0.1) is 0 Å². The van der Waals surface area contributed by atoms with Crippen molar-refractivity contribution < 1.29 is 9.32 Å². The fourth-order valence-electron chi connectivity index (χ4n) is 3.85. The minimum absolute atomic E-state index is 0.0269. The Morgan fingerprint density at radius 2 is 2.08 bits per heavy atom. The normalized spacial score (nSPS) is 18.6. The Kier molecular flexibility index (Phi) is 4.12. The summed E-state index contributed by atoms with van der Waals surface area (Å²) in [6.45, 7) is 4.58. The fourth-order valence-corrected chi connectivity index (χ4v) is 3.85. The van der Waals surface area contributed by atoms with Crippen LogP contribution < -0.4 is 0 Å². The Morgan fingerprint density at radius 1 is 1.29 bits per heavy atom. The number of amides is 1. The molecular weight excluding hydrogens is 304 g/mol. The highest BCUT2D eigenvalue weighted by molar-refractivity contribution is 5.93. The molecule has 1 aliphatic carbocycles. The third kappa shape index (κ3) is 2.97. The Labute approximate surface area is 141 Å². The van der Waals surface area contributed by atoms with E-state index in [1.54, 1.807) is 0 Å². The van der Waals surface area contributed by atoms with E-state index in [-0.39, 0.29) is 5.91 Å². The zero-order valence-corrected chi connectivity index (χ0v) is 14.2. The van der Waals surface area contributed by atoms with Crippen molar-refractivity contribution in [2.24, 2.45) is 5.92 Å². The lowest BCUT2D eigenvalue weighted by atomic mass is 9.94. The quantitative estimate of drug-likeness (QED) is 0.869. The van der Waals surface area contributed by atoms with Gasteiger partial charge in [0.15, 0.2) is 0 Å². The number of rotatable bonds is 3. The van der Waals surface area contributed by atoms with Gasteiger partial charge >= 0.3 is 0 Å². The van der Waals surface area contributed by atoms with Crippen LogP contribution in [-0.2, 0) is 19.4 Å². The number of nitrogens with zero attached hydrogens (tertiary/aromatic N) is 4. The first-order chi connectivity index (χ1) is 11.7. The lowest BCUT2D eigenvalue weighted by Crippen LogP contribution is -2.39. The van der Waals surface area contributed by atoms with Crippen LogP contribution >= 0.6 is 0 Å². The second kappa shape index (κ2) is 6.42. The molecule has 1 saturated heterocycles. The molecule has 128 valence electrons. The van der Waals surface area contributed by atoms with Gasteiger partial charge in [-0.1, -0.05) is 5.16 Å². The van der Waals surface area contributed by atoms with Gasteiger partial charge in [-0.25, -0.2) is 0 Å². The molecule has 2 aromatic heterocycles. The molecule has 24 heavy (non-hydrogen) atoms. The van der Waals surface area contributed by atoms with Gasteiger partial charge in [0.2, 0.25) is 5.76 Å². The molecule has 2 aromatic rings. The Bertz CT molecular complexity index is 725. The van der Waals surface area contributed by atoms with E-state index in [2.05, 4.69) is 23.4 Å². The number of likely N-dealkylation sites (tertiary alicyclic amines) is 1. The average Bonchev–Trinajstić information content (AvgIpc) is 3.21. The molecule has 1 aliphatic heterocycles. The molecule has 6 heteroatoms. The van der Waals surface area contributed by atoms with Gasteiger partial charge < -0.3 is 9.42 Å². The lowest BCUT2D eigenvalue weighted by molar-refractivity contribution is 0.0638. The van der Waals surface area contributed by atoms with Crippen LogP contribution in [0.1, 0.15) is 53.1 Å². The third-order valence-corrected chi connectivity index (χ3v) is 5.26. The molecule has 0 spiro atoms. The predicted molar refractivity (Wildman–Crippen MR) is 88.7 cm³/mol. The molecule has 0 saturated carbocycles. The largest absolute Gasteiger partial charge is 0.350 e. The summed E-state index contributed by atoms with van der Waals surface area (Å²) in [6, 6.07) is 0. The van der Waals surface area contributed by atoms with Crippen molar-refractivity contribution in [3.05, 3.63) is 35.0 Å². The van der Waals surface area contributed by atoms with Crippen molar-refractivity contribution in [1.29, 1.82) is 0 Å². The Morgan fingerprint density at radius 3 is 2.83 bits per heavy atom. The fraction of sp³-hybridized carbons (Fsp3) is 0.611. The second-order valence-electron chi connectivity index (χ2n) is 7.12. The summed E-state index contributed by atoms with van der Waals surface area (Å²) < 4.78 is 7.42. The van der Waals surface area contributed by atoms with E-state index >= 15 is 0 Å². The van der Waals surface area contributed by atoms with Crippen LogP contribution in [0.15, 0.2) is 16.9 Å². The van der Waals surface area contributed by atoms with E-state index in [1.807, 2.05) is 15.8 Å². The number of hydrogen-bond acceptors (Lipinski definition) is 4. The molecule has 0 bridgehead atoms. The topological polar surface area (TPSA) is 64.2 Å². The molecule has 0 unspecified atom stereocenters. The lowest BCUT2D eigenvalue weighted by Gasteiger charge is -2.31. The maximum atomic E-state index is 12.8. The van der Waals surface area contributed by atoms with Crippen LogP contribution in [0.3, 0.4) is 0 Å². The van der Waals surface area contributed by atoms with Crippen molar-refractivity contribution in [3.8, 4) is 0 Å². The monoisotopic (exact) mass is 328 g/mol. The molecular formula is C18H24N4O2. The van der Waals surface area contributed by atoms with Crippen molar-refractivity contribution in [1.82, 2.24) is 19.8 Å². The first kappa shape index (κ1) is 15.4. The molecule has 4 rings (SSSR count). The van der Waals surface area contributed by atoms with Crippen molar-refractivity contribution in [2.75, 3.05) is 13.1 Å². The van der Waals surface area contributed by atoms with Gasteiger partial charge in [-0.2, -0.15) is 5.10 Å². The van der Waals surface area contributed by atoms with E-state index in [0.29, 0.717) is 11.7 Å². The summed E-state index contributed by atoms with van der Waals surface area (Å²) in [4.78, 5) is 14.7. The maximum Gasteiger partial charge on any atom is 0.292 e. The number of carbonyl (C=O) groups is 1. The van der Waals surface area contributed by atoms with Gasteiger partial charge in [0.25, 0.3) is 5.91 Å². The molecule has 3 heterocycles. The first-order valence-electron chi connectivity index (χ1n) is 8.96. The zero-order valence-electron chi connectivity index (χ0n) is 14.2. The third-order valence-electron chi connectivity index (χ3n) is 5.26. The van der Waals surface area contributed by atoms with E-state index < -0.39 is 0 Å². The minimum atomic E-state index is 0.0269. The summed E-state index contributed by atoms with van der Waals surface area (Å²) in [5, 5.41) is 8.48. The number of fused-ring (bicyclic) bond motifs is 1. The SMILES string of the molecule is Cc1cnn(CC2CCN(C(=O)c3onc4c3CCCC4)CC2)c1. The van der Waals surface area contributed by atoms with Crippen LogP contribution in [0.25, 0.3) is 0 Å². The summed E-state index contributed by atoms with van der Waals surface area (Å²) in [7, 11) is 0. The molecule has 6 nitrogen and oxygen atoms in total. The second-order valence-corrected chi connectivity index (χ2v) is 7.12. The molecule has 0 aromatic carbocycles. The van der Waals surface area contributed by atoms with Gasteiger partial charge in [0.1, 0.15) is 0 Å². The number of carbonyl (C=O) groups excluding carboxylic acids is 1. The predicted octanol–water partition coefficient (Wildman–Crippen LogP) is 2.61. The molecule has 1 amide bonds. The standard InChI is InChI=1S/C18H24N4O2/c1-13-10-19-22(11-13)12-14-6-8-21(9-7-14)18(23)17-15-4-2-3-5-16(15)20-24-17/h10-11,14H,2-9,12H2,1H3. The smallest absolute Gasteiger partial charge is 0.292 e. The van der Waals surface area contributed by atoms with Gasteiger partial charge in [0, 0.05) is 31.4 Å². The highest BCUT2D eigenvalue weighted by Crippen LogP contribution is 2.27. The van der Waals surface area contributed by atoms with Crippen LogP contribution in [0.5, 0.6) is 0 Å². The number of piperidine rings is 1. The molecule has 0 radical (unpaired) electrons. The van der Waals surface area contributed by atoms with Gasteiger partial charge in [-0.3, -0.25) is 9.48 Å². The number of hydrogen-bond donors (Lipinski definition) is 0. The van der Waals surface area contributed by atoms with E-state index in [4.69, 9.17) is 4.52 Å². The maximum absolute atomic E-state index is 12.8. The molecule has 1 fully saturated rings. The van der Waals surface area contributed by atoms with Gasteiger partial charge in [0.05, 0.1) is 11.9 Å². The molecule has 2 aliphatic rings. The van der Waals surface area contributed by atoms with Gasteiger partial charge in [-0.05, 0) is 56.9 Å². The molecule has 0 N–H and O–H groups in total. The first-order valence-corrected chi connectivity index (χ1v) is 8.96. The summed E-state index contributed by atoms with van der Waals surface area (Å²) in [5.74, 6) is 1.10. The molecule has 0 atom stereocenters. The van der Waals surface area contributed by atoms with Crippen LogP contribution in [0.2, 0.25) is 0 Å². The van der Waals surface area contributed by atoms with Crippen LogP contribution in [0, 0.1) is 12.8 Å². The Hall–Kier alpha value is -2.11. The Balaban J connectivity index is 1.37. The number of aromatic nitrogens is 3. The minimum Gasteiger partial charge on any atom is -0.350 e. The summed E-state index contributed by atoms with van der Waals surface area (Å²) in [5.41, 5.74) is 3.24. The van der Waals surface area contributed by atoms with Crippen LogP contribution in [0.4, 0.5) is 0 Å². The van der Waals surface area contributed by atoms with E-state index in [1.165, 1.54) is 5.56 Å².